The predicted molar refractivity (Wildman–Crippen MR) is 86.2 cm³/mol. The van der Waals surface area contributed by atoms with Crippen LogP contribution in [0.4, 0.5) is 35.5 Å². The molecular weight excluding hydrogens is 437 g/mol. The van der Waals surface area contributed by atoms with Crippen LogP contribution in [0.5, 0.6) is 0 Å². The van der Waals surface area contributed by atoms with Gasteiger partial charge in [-0.15, -0.1) is 0 Å². The van der Waals surface area contributed by atoms with Crippen LogP contribution in [-0.2, 0) is 9.59 Å². The molecule has 0 aromatic rings. The Kier molecular flexibility index (Phi) is 6.79. The smallest absolute Gasteiger partial charge is 0.332 e. The minimum atomic E-state index is -6.65. The monoisotopic (exact) mass is 454 g/mol. The van der Waals surface area contributed by atoms with Crippen molar-refractivity contribution in [2.24, 2.45) is 0 Å². The quantitative estimate of drug-likeness (QED) is 0.204. The lowest BCUT2D eigenvalue weighted by molar-refractivity contribution is -0.344. The number of fused-ring (bicyclic) bond motifs is 1. The molecule has 29 heavy (non-hydrogen) atoms. The Bertz CT molecular complexity index is 662. The van der Waals surface area contributed by atoms with E-state index in [1.807, 2.05) is 0 Å². The maximum absolute atomic E-state index is 13.1. The van der Waals surface area contributed by atoms with E-state index in [1.54, 1.807) is 11.8 Å². The molecule has 4 amide bonds. The fourth-order valence-electron chi connectivity index (χ4n) is 2.86. The first-order valence-electron chi connectivity index (χ1n) is 8.37. The highest BCUT2D eigenvalue weighted by molar-refractivity contribution is 8.00. The molecule has 166 valence electrons. The largest absolute Gasteiger partial charge is 0.460 e. The topological polar surface area (TPSA) is 99.3 Å². The number of alkyl halides is 7. The number of hydrogen-bond acceptors (Lipinski definition) is 4. The molecule has 0 unspecified atom stereocenters. The van der Waals surface area contributed by atoms with Crippen LogP contribution in [0.15, 0.2) is 0 Å². The Morgan fingerprint density at radius 3 is 2.31 bits per heavy atom. The highest BCUT2D eigenvalue weighted by Gasteiger charge is 2.76. The van der Waals surface area contributed by atoms with E-state index in [4.69, 9.17) is 0 Å². The number of nitrogens with one attached hydrogen (secondary N) is 4. The summed E-state index contributed by atoms with van der Waals surface area (Å²) >= 11 is 1.64. The second-order valence-corrected chi connectivity index (χ2v) is 7.79. The van der Waals surface area contributed by atoms with Gasteiger partial charge in [0.1, 0.15) is 0 Å². The van der Waals surface area contributed by atoms with E-state index in [0.29, 0.717) is 12.8 Å². The fraction of sp³-hybridized carbons (Fsp3) is 0.786. The summed E-state index contributed by atoms with van der Waals surface area (Å²) in [6, 6.07) is -0.279. The van der Waals surface area contributed by atoms with Crippen LogP contribution in [-0.4, -0.2) is 59.0 Å². The Morgan fingerprint density at radius 1 is 1.03 bits per heavy atom. The number of urea groups is 1. The van der Waals surface area contributed by atoms with Crippen LogP contribution < -0.4 is 21.5 Å². The minimum absolute atomic E-state index is 0.0208. The number of carbonyl (C=O) groups is 3. The van der Waals surface area contributed by atoms with Gasteiger partial charge in [0.05, 0.1) is 12.1 Å². The molecule has 0 bridgehead atoms. The highest BCUT2D eigenvalue weighted by Crippen LogP contribution is 2.46. The molecule has 7 nitrogen and oxygen atoms in total. The Labute approximate surface area is 163 Å². The van der Waals surface area contributed by atoms with Crippen LogP contribution in [0.1, 0.15) is 25.7 Å². The average Bonchev–Trinajstić information content (AvgIpc) is 3.14. The lowest BCUT2D eigenvalue weighted by Gasteiger charge is -2.26. The Hall–Kier alpha value is -1.93. The van der Waals surface area contributed by atoms with Crippen molar-refractivity contribution in [3.05, 3.63) is 0 Å². The summed E-state index contributed by atoms with van der Waals surface area (Å²) in [5.41, 5.74) is 2.28. The van der Waals surface area contributed by atoms with Gasteiger partial charge in [-0.1, -0.05) is 6.42 Å². The zero-order valence-electron chi connectivity index (χ0n) is 14.5. The molecule has 0 saturated carbocycles. The summed E-state index contributed by atoms with van der Waals surface area (Å²) in [4.78, 5) is 33.7. The number of halogens is 7. The van der Waals surface area contributed by atoms with Gasteiger partial charge >= 0.3 is 30.0 Å². The minimum Gasteiger partial charge on any atom is -0.332 e. The molecule has 3 atom stereocenters. The summed E-state index contributed by atoms with van der Waals surface area (Å²) in [5, 5.41) is 5.64. The number of hydrazine groups is 1. The van der Waals surface area contributed by atoms with Gasteiger partial charge in [0, 0.05) is 17.4 Å². The molecule has 0 spiro atoms. The summed E-state index contributed by atoms with van der Waals surface area (Å²) in [6.45, 7) is 0. The number of amides is 4. The maximum Gasteiger partial charge on any atom is 0.460 e. The zero-order chi connectivity index (χ0) is 22.0. The van der Waals surface area contributed by atoms with Gasteiger partial charge in [0.25, 0.3) is 0 Å². The third-order valence-electron chi connectivity index (χ3n) is 4.43. The lowest BCUT2D eigenvalue weighted by Crippen LogP contribution is -2.61. The van der Waals surface area contributed by atoms with Crippen LogP contribution in [0.2, 0.25) is 0 Å². The standard InChI is InChI=1S/C14H17F7N4O3S/c15-12(16,13(17,18)14(19,20)21)10(27)25-24-8(26)4-2-1-3-7-9-6(5-29-7)22-11(28)23-9/h6-7,9H,1-5H2,(H,24,26)(H,25,27)(H2,22,23,28)/t6-,7-,9-/m0/s1. The van der Waals surface area contributed by atoms with E-state index in [-0.39, 0.29) is 36.2 Å². The van der Waals surface area contributed by atoms with Crippen molar-refractivity contribution in [2.75, 3.05) is 5.75 Å². The van der Waals surface area contributed by atoms with Gasteiger partial charge in [0.15, 0.2) is 0 Å². The lowest BCUT2D eigenvalue weighted by atomic mass is 10.0. The molecule has 0 aromatic heterocycles. The number of unbranched alkanes of at least 4 members (excludes halogenated alkanes) is 1. The summed E-state index contributed by atoms with van der Waals surface area (Å²) in [5.74, 6) is -16.0. The summed E-state index contributed by atoms with van der Waals surface area (Å²) in [7, 11) is 0. The van der Waals surface area contributed by atoms with E-state index in [1.165, 1.54) is 5.43 Å². The number of carbonyl (C=O) groups excluding carboxylic acids is 3. The van der Waals surface area contributed by atoms with Crippen LogP contribution >= 0.6 is 11.8 Å². The number of thioether (sulfide) groups is 1. The third kappa shape index (κ3) is 4.98. The van der Waals surface area contributed by atoms with Crippen molar-refractivity contribution in [1.29, 1.82) is 0 Å². The van der Waals surface area contributed by atoms with Crippen molar-refractivity contribution < 1.29 is 45.1 Å². The van der Waals surface area contributed by atoms with E-state index in [0.717, 1.165) is 11.2 Å². The Morgan fingerprint density at radius 2 is 1.69 bits per heavy atom. The second-order valence-electron chi connectivity index (χ2n) is 6.52. The van der Waals surface area contributed by atoms with Crippen molar-refractivity contribution in [1.82, 2.24) is 21.5 Å². The van der Waals surface area contributed by atoms with Crippen molar-refractivity contribution in [3.63, 3.8) is 0 Å². The maximum atomic E-state index is 13.1. The molecule has 2 aliphatic rings. The molecule has 0 radical (unpaired) electrons. The van der Waals surface area contributed by atoms with Gasteiger partial charge in [-0.05, 0) is 12.8 Å². The molecule has 2 heterocycles. The molecule has 2 rings (SSSR count). The molecule has 2 saturated heterocycles. The first kappa shape index (κ1) is 23.3. The Balaban J connectivity index is 1.69. The number of hydrogen-bond donors (Lipinski definition) is 4. The third-order valence-corrected chi connectivity index (χ3v) is 5.94. The molecule has 2 aliphatic heterocycles. The second kappa shape index (κ2) is 8.44. The molecule has 4 N–H and O–H groups in total. The summed E-state index contributed by atoms with van der Waals surface area (Å²) in [6.07, 6.45) is -5.56. The van der Waals surface area contributed by atoms with Gasteiger partial charge in [0.2, 0.25) is 5.91 Å². The van der Waals surface area contributed by atoms with Crippen molar-refractivity contribution in [3.8, 4) is 0 Å². The van der Waals surface area contributed by atoms with Gasteiger partial charge < -0.3 is 10.6 Å². The van der Waals surface area contributed by atoms with Crippen molar-refractivity contribution in [2.45, 2.75) is 61.0 Å². The van der Waals surface area contributed by atoms with Gasteiger partial charge in [-0.25, -0.2) is 4.79 Å². The molecule has 2 fully saturated rings. The molecule has 0 aliphatic carbocycles. The van der Waals surface area contributed by atoms with E-state index in [2.05, 4.69) is 10.6 Å². The highest BCUT2D eigenvalue weighted by atomic mass is 32.2. The van der Waals surface area contributed by atoms with E-state index in [9.17, 15) is 45.1 Å². The predicted octanol–water partition coefficient (Wildman–Crippen LogP) is 1.69. The number of rotatable bonds is 7. The first-order valence-corrected chi connectivity index (χ1v) is 9.42. The van der Waals surface area contributed by atoms with Crippen LogP contribution in [0.3, 0.4) is 0 Å². The van der Waals surface area contributed by atoms with E-state index >= 15 is 0 Å². The normalized spacial score (nSPS) is 24.5. The van der Waals surface area contributed by atoms with Gasteiger partial charge in [-0.3, -0.25) is 20.4 Å². The molecule has 15 heteroatoms. The first-order chi connectivity index (χ1) is 13.3. The fourth-order valence-corrected chi connectivity index (χ4v) is 4.41. The van der Waals surface area contributed by atoms with Crippen LogP contribution in [0, 0.1) is 0 Å². The SMILES string of the molecule is O=C(CCCC[C@@H]1SC[C@@H]2NC(=O)N[C@@H]21)NNC(=O)C(F)(F)C(F)(F)C(F)(F)F. The van der Waals surface area contributed by atoms with Crippen LogP contribution in [0.25, 0.3) is 0 Å². The van der Waals surface area contributed by atoms with Crippen molar-refractivity contribution >= 4 is 29.6 Å². The van der Waals surface area contributed by atoms with E-state index < -0.39 is 29.8 Å². The molecule has 0 aromatic carbocycles. The average molecular weight is 454 g/mol. The van der Waals surface area contributed by atoms with Gasteiger partial charge in [-0.2, -0.15) is 42.5 Å². The molecular formula is C14H17F7N4O3S. The summed E-state index contributed by atoms with van der Waals surface area (Å²) < 4.78 is 87.6. The zero-order valence-corrected chi connectivity index (χ0v) is 15.4.